The molecule has 1 aromatic heterocycles. The zero-order valence-electron chi connectivity index (χ0n) is 13.1. The number of carboxylic acid groups (broad SMARTS) is 1. The summed E-state index contributed by atoms with van der Waals surface area (Å²) in [6.07, 6.45) is 5.26. The van der Waals surface area contributed by atoms with Gasteiger partial charge in [0.1, 0.15) is 4.88 Å². The maximum atomic E-state index is 11.5. The van der Waals surface area contributed by atoms with E-state index in [1.807, 2.05) is 6.07 Å². The summed E-state index contributed by atoms with van der Waals surface area (Å²) >= 11 is 1.31. The zero-order valence-corrected chi connectivity index (χ0v) is 13.9. The number of allylic oxidation sites excluding steroid dienone is 2. The van der Waals surface area contributed by atoms with E-state index in [-0.39, 0.29) is 5.41 Å². The monoisotopic (exact) mass is 302 g/mol. The predicted octanol–water partition coefficient (Wildman–Crippen LogP) is 5.06. The van der Waals surface area contributed by atoms with Gasteiger partial charge in [0.05, 0.1) is 4.88 Å². The first-order valence-electron chi connectivity index (χ1n) is 7.32. The third-order valence-electron chi connectivity index (χ3n) is 3.59. The van der Waals surface area contributed by atoms with Crippen LogP contribution in [0.5, 0.6) is 0 Å². The van der Waals surface area contributed by atoms with Gasteiger partial charge in [0.15, 0.2) is 0 Å². The number of hydrogen-bond acceptors (Lipinski definition) is 2. The molecule has 0 radical (unpaired) electrons. The van der Waals surface area contributed by atoms with Crippen molar-refractivity contribution in [3.05, 3.63) is 33.0 Å². The van der Waals surface area contributed by atoms with E-state index < -0.39 is 5.97 Å². The Kier molecular flexibility index (Phi) is 4.58. The summed E-state index contributed by atoms with van der Waals surface area (Å²) in [7, 11) is 0. The van der Waals surface area contributed by atoms with Crippen LogP contribution in [0, 0.1) is 17.3 Å². The second-order valence-electron chi connectivity index (χ2n) is 6.72. The van der Waals surface area contributed by atoms with Crippen molar-refractivity contribution in [2.24, 2.45) is 5.41 Å². The van der Waals surface area contributed by atoms with E-state index >= 15 is 0 Å². The van der Waals surface area contributed by atoms with Crippen molar-refractivity contribution in [3.63, 3.8) is 0 Å². The molecule has 3 heteroatoms. The fourth-order valence-corrected chi connectivity index (χ4v) is 3.37. The quantitative estimate of drug-likeness (QED) is 0.612. The number of hydrogen-bond donors (Lipinski definition) is 1. The Labute approximate surface area is 130 Å². The molecular weight excluding hydrogens is 280 g/mol. The maximum absolute atomic E-state index is 11.5. The van der Waals surface area contributed by atoms with Gasteiger partial charge in [-0.2, -0.15) is 0 Å². The first-order valence-corrected chi connectivity index (χ1v) is 8.14. The minimum atomic E-state index is -0.829. The fourth-order valence-electron chi connectivity index (χ4n) is 2.43. The molecule has 112 valence electrons. The highest BCUT2D eigenvalue weighted by Gasteiger charge is 2.23. The van der Waals surface area contributed by atoms with E-state index in [0.717, 1.165) is 29.7 Å². The van der Waals surface area contributed by atoms with Crippen molar-refractivity contribution < 1.29 is 9.90 Å². The van der Waals surface area contributed by atoms with Crippen molar-refractivity contribution in [2.75, 3.05) is 0 Å². The van der Waals surface area contributed by atoms with E-state index in [0.29, 0.717) is 10.8 Å². The Bertz CT molecular complexity index is 632. The molecule has 0 amide bonds. The third-order valence-corrected chi connectivity index (χ3v) is 4.65. The van der Waals surface area contributed by atoms with Gasteiger partial charge in [-0.25, -0.2) is 4.79 Å². The fraction of sp³-hybridized carbons (Fsp3) is 0.500. The molecule has 0 bridgehead atoms. The van der Waals surface area contributed by atoms with Crippen molar-refractivity contribution >= 4 is 17.3 Å². The molecule has 1 aliphatic carbocycles. The zero-order chi connectivity index (χ0) is 15.6. The standard InChI is InChI=1S/C18H22O2S/c1-12-5-7-13(8-6-12)15-11-14(9-10-18(2,3)4)21-16(15)17(19)20/h5,11,13H,6-8H2,1-4H3,(H,19,20). The second kappa shape index (κ2) is 6.07. The van der Waals surface area contributed by atoms with Gasteiger partial charge in [-0.3, -0.25) is 0 Å². The van der Waals surface area contributed by atoms with E-state index in [4.69, 9.17) is 0 Å². The number of thiophene rings is 1. The number of aromatic carboxylic acids is 1. The minimum Gasteiger partial charge on any atom is -0.477 e. The summed E-state index contributed by atoms with van der Waals surface area (Å²) in [5.74, 6) is 5.81. The van der Waals surface area contributed by atoms with Crippen LogP contribution in [0.2, 0.25) is 0 Å². The lowest BCUT2D eigenvalue weighted by molar-refractivity contribution is 0.0700. The number of carbonyl (C=O) groups is 1. The van der Waals surface area contributed by atoms with Gasteiger partial charge in [0.25, 0.3) is 0 Å². The second-order valence-corrected chi connectivity index (χ2v) is 7.77. The molecule has 0 saturated carbocycles. The summed E-state index contributed by atoms with van der Waals surface area (Å²) in [4.78, 5) is 12.8. The Morgan fingerprint density at radius 2 is 2.14 bits per heavy atom. The highest BCUT2D eigenvalue weighted by Crippen LogP contribution is 2.37. The molecule has 2 rings (SSSR count). The average molecular weight is 302 g/mol. The number of rotatable bonds is 2. The van der Waals surface area contributed by atoms with E-state index in [2.05, 4.69) is 45.6 Å². The largest absolute Gasteiger partial charge is 0.477 e. The molecular formula is C18H22O2S. The summed E-state index contributed by atoms with van der Waals surface area (Å²) in [6.45, 7) is 8.31. The van der Waals surface area contributed by atoms with Gasteiger partial charge >= 0.3 is 5.97 Å². The van der Waals surface area contributed by atoms with Gasteiger partial charge in [0, 0.05) is 5.41 Å². The molecule has 0 aliphatic heterocycles. The van der Waals surface area contributed by atoms with Crippen molar-refractivity contribution in [1.82, 2.24) is 0 Å². The smallest absolute Gasteiger partial charge is 0.346 e. The van der Waals surface area contributed by atoms with Crippen LogP contribution >= 0.6 is 11.3 Å². The van der Waals surface area contributed by atoms with E-state index in [1.54, 1.807) is 0 Å². The maximum Gasteiger partial charge on any atom is 0.346 e. The van der Waals surface area contributed by atoms with Gasteiger partial charge < -0.3 is 5.11 Å². The highest BCUT2D eigenvalue weighted by molar-refractivity contribution is 7.14. The van der Waals surface area contributed by atoms with E-state index in [9.17, 15) is 9.90 Å². The first-order chi connectivity index (χ1) is 9.76. The molecule has 1 heterocycles. The van der Waals surface area contributed by atoms with Crippen LogP contribution in [-0.2, 0) is 0 Å². The minimum absolute atomic E-state index is 0.0712. The van der Waals surface area contributed by atoms with Crippen LogP contribution in [-0.4, -0.2) is 11.1 Å². The molecule has 1 aromatic rings. The Hall–Kier alpha value is -1.53. The summed E-state index contributed by atoms with van der Waals surface area (Å²) < 4.78 is 0. The summed E-state index contributed by atoms with van der Waals surface area (Å²) in [5.41, 5.74) is 2.30. The molecule has 1 atom stereocenters. The molecule has 0 aromatic carbocycles. The molecule has 1 unspecified atom stereocenters. The van der Waals surface area contributed by atoms with Crippen LogP contribution < -0.4 is 0 Å². The Morgan fingerprint density at radius 1 is 1.43 bits per heavy atom. The van der Waals surface area contributed by atoms with Crippen LogP contribution in [0.25, 0.3) is 0 Å². The summed E-state index contributed by atoms with van der Waals surface area (Å²) in [5, 5.41) is 9.44. The molecule has 21 heavy (non-hydrogen) atoms. The van der Waals surface area contributed by atoms with Crippen LogP contribution in [0.1, 0.15) is 73.0 Å². The van der Waals surface area contributed by atoms with Gasteiger partial charge in [-0.1, -0.05) is 23.5 Å². The third kappa shape index (κ3) is 4.22. The summed E-state index contributed by atoms with van der Waals surface area (Å²) in [6, 6.07) is 1.99. The SMILES string of the molecule is CC1=CCC(c2cc(C#CC(C)(C)C)sc2C(=O)O)CC1. The highest BCUT2D eigenvalue weighted by atomic mass is 32.1. The molecule has 0 spiro atoms. The Morgan fingerprint density at radius 3 is 2.67 bits per heavy atom. The average Bonchev–Trinajstić information content (AvgIpc) is 2.81. The molecule has 1 N–H and O–H groups in total. The lowest BCUT2D eigenvalue weighted by Crippen LogP contribution is -2.06. The van der Waals surface area contributed by atoms with Crippen molar-refractivity contribution in [1.29, 1.82) is 0 Å². The van der Waals surface area contributed by atoms with Crippen LogP contribution in [0.3, 0.4) is 0 Å². The molecule has 0 saturated heterocycles. The topological polar surface area (TPSA) is 37.3 Å². The van der Waals surface area contributed by atoms with Crippen molar-refractivity contribution in [3.8, 4) is 11.8 Å². The van der Waals surface area contributed by atoms with Crippen LogP contribution in [0.15, 0.2) is 17.7 Å². The van der Waals surface area contributed by atoms with Gasteiger partial charge in [-0.05, 0) is 64.5 Å². The Balaban J connectivity index is 2.34. The first kappa shape index (κ1) is 15.9. The predicted molar refractivity (Wildman–Crippen MR) is 88.0 cm³/mol. The molecule has 1 aliphatic rings. The molecule has 2 nitrogen and oxygen atoms in total. The molecule has 0 fully saturated rings. The van der Waals surface area contributed by atoms with Crippen molar-refractivity contribution in [2.45, 2.75) is 52.9 Å². The lowest BCUT2D eigenvalue weighted by Gasteiger charge is -2.20. The lowest BCUT2D eigenvalue weighted by atomic mass is 9.85. The number of carboxylic acids is 1. The van der Waals surface area contributed by atoms with E-state index in [1.165, 1.54) is 16.9 Å². The van der Waals surface area contributed by atoms with Gasteiger partial charge in [0.2, 0.25) is 0 Å². The normalized spacial score (nSPS) is 18.7. The van der Waals surface area contributed by atoms with Crippen LogP contribution in [0.4, 0.5) is 0 Å². The van der Waals surface area contributed by atoms with Gasteiger partial charge in [-0.15, -0.1) is 11.3 Å².